The van der Waals surface area contributed by atoms with Gasteiger partial charge >= 0.3 is 0 Å². The smallest absolute Gasteiger partial charge is 0.247 e. The number of hydrogen-bond acceptors (Lipinski definition) is 5. The van der Waals surface area contributed by atoms with E-state index in [0.717, 1.165) is 12.1 Å². The minimum absolute atomic E-state index is 0.0414. The Balaban J connectivity index is 1.80. The molecular formula is C30H41N3O4S. The van der Waals surface area contributed by atoms with Crippen LogP contribution in [0.1, 0.15) is 40.5 Å². The van der Waals surface area contributed by atoms with Crippen LogP contribution < -0.4 is 4.90 Å². The van der Waals surface area contributed by atoms with E-state index in [9.17, 15) is 19.5 Å². The third kappa shape index (κ3) is 4.49. The molecule has 1 N–H and O–H groups in total. The van der Waals surface area contributed by atoms with Crippen molar-refractivity contribution in [3.63, 3.8) is 0 Å². The van der Waals surface area contributed by atoms with Gasteiger partial charge in [0.2, 0.25) is 17.7 Å². The van der Waals surface area contributed by atoms with E-state index in [4.69, 9.17) is 0 Å². The van der Waals surface area contributed by atoms with Crippen LogP contribution in [0, 0.1) is 17.8 Å². The SMILES string of the molecule is C=CCN(C(=O)[C@@H]1[C@H]2C(=O)N(CCCO)C(C(=O)N(CC=C)C(C)(C)C)C23S[C@@H]1CC3C)c1ccccc1. The summed E-state index contributed by atoms with van der Waals surface area (Å²) in [5.41, 5.74) is 0.298. The maximum atomic E-state index is 14.4. The van der Waals surface area contributed by atoms with Crippen molar-refractivity contribution < 1.29 is 19.5 Å². The lowest BCUT2D eigenvalue weighted by Gasteiger charge is -2.44. The molecule has 3 heterocycles. The third-order valence-electron chi connectivity index (χ3n) is 8.35. The normalized spacial score (nSPS) is 29.8. The molecular weight excluding hydrogens is 498 g/mol. The van der Waals surface area contributed by atoms with Gasteiger partial charge in [0.15, 0.2) is 0 Å². The fourth-order valence-corrected chi connectivity index (χ4v) is 9.18. The number of carbonyl (C=O) groups excluding carboxylic acids is 3. The van der Waals surface area contributed by atoms with Gasteiger partial charge in [-0.15, -0.1) is 24.9 Å². The van der Waals surface area contributed by atoms with Crippen LogP contribution in [0.25, 0.3) is 0 Å². The average molecular weight is 540 g/mol. The van der Waals surface area contributed by atoms with Gasteiger partial charge in [-0.05, 0) is 51.7 Å². The number of hydrogen-bond donors (Lipinski definition) is 1. The summed E-state index contributed by atoms with van der Waals surface area (Å²) in [7, 11) is 0. The number of amides is 3. The zero-order valence-corrected chi connectivity index (χ0v) is 23.8. The van der Waals surface area contributed by atoms with E-state index in [1.54, 1.807) is 38.6 Å². The first kappa shape index (κ1) is 28.4. The topological polar surface area (TPSA) is 81.2 Å². The highest BCUT2D eigenvalue weighted by Crippen LogP contribution is 2.69. The van der Waals surface area contributed by atoms with Gasteiger partial charge in [-0.3, -0.25) is 14.4 Å². The van der Waals surface area contributed by atoms with E-state index < -0.39 is 28.2 Å². The zero-order chi connectivity index (χ0) is 27.8. The van der Waals surface area contributed by atoms with E-state index in [1.165, 1.54) is 0 Å². The monoisotopic (exact) mass is 539 g/mol. The second kappa shape index (κ2) is 10.9. The molecule has 6 atom stereocenters. The van der Waals surface area contributed by atoms with Crippen LogP contribution in [0.15, 0.2) is 55.6 Å². The highest BCUT2D eigenvalue weighted by atomic mass is 32.2. The number of nitrogens with zero attached hydrogens (tertiary/aromatic N) is 3. The summed E-state index contributed by atoms with van der Waals surface area (Å²) in [6, 6.07) is 8.79. The van der Waals surface area contributed by atoms with Crippen LogP contribution >= 0.6 is 11.8 Å². The molecule has 0 saturated carbocycles. The van der Waals surface area contributed by atoms with Crippen LogP contribution in [-0.2, 0) is 14.4 Å². The van der Waals surface area contributed by atoms with Crippen molar-refractivity contribution in [2.24, 2.45) is 17.8 Å². The maximum Gasteiger partial charge on any atom is 0.247 e. The first-order valence-corrected chi connectivity index (χ1v) is 14.4. The molecule has 3 saturated heterocycles. The molecule has 0 aliphatic carbocycles. The van der Waals surface area contributed by atoms with Crippen molar-refractivity contribution in [3.8, 4) is 0 Å². The lowest BCUT2D eigenvalue weighted by Crippen LogP contribution is -2.60. The average Bonchev–Trinajstić information content (AvgIpc) is 3.47. The number of fused-ring (bicyclic) bond motifs is 1. The molecule has 3 aliphatic rings. The number of rotatable bonds is 10. The number of aliphatic hydroxyl groups is 1. The first-order chi connectivity index (χ1) is 18.0. The van der Waals surface area contributed by atoms with Crippen molar-refractivity contribution in [2.45, 2.75) is 62.1 Å². The summed E-state index contributed by atoms with van der Waals surface area (Å²) in [5, 5.41) is 9.58. The Morgan fingerprint density at radius 3 is 2.39 bits per heavy atom. The van der Waals surface area contributed by atoms with Crippen molar-refractivity contribution in [3.05, 3.63) is 55.6 Å². The second-order valence-electron chi connectivity index (χ2n) is 11.6. The molecule has 4 rings (SSSR count). The van der Waals surface area contributed by atoms with Crippen LogP contribution in [0.3, 0.4) is 0 Å². The first-order valence-electron chi connectivity index (χ1n) is 13.5. The number of benzene rings is 1. The molecule has 7 nitrogen and oxygen atoms in total. The Labute approximate surface area is 230 Å². The molecule has 1 spiro atoms. The van der Waals surface area contributed by atoms with E-state index in [2.05, 4.69) is 20.1 Å². The van der Waals surface area contributed by atoms with Crippen LogP contribution in [0.4, 0.5) is 5.69 Å². The molecule has 0 radical (unpaired) electrons. The van der Waals surface area contributed by atoms with Gasteiger partial charge in [0.25, 0.3) is 0 Å². The summed E-state index contributed by atoms with van der Waals surface area (Å²) in [6.45, 7) is 16.7. The number of aliphatic hydroxyl groups excluding tert-OH is 1. The van der Waals surface area contributed by atoms with Crippen LogP contribution in [0.2, 0.25) is 0 Å². The second-order valence-corrected chi connectivity index (χ2v) is 13.2. The number of carbonyl (C=O) groups is 3. The molecule has 2 bridgehead atoms. The predicted octanol–water partition coefficient (Wildman–Crippen LogP) is 3.74. The highest BCUT2D eigenvalue weighted by Gasteiger charge is 2.76. The Kier molecular flexibility index (Phi) is 8.15. The van der Waals surface area contributed by atoms with Gasteiger partial charge in [0.05, 0.1) is 16.6 Å². The summed E-state index contributed by atoms with van der Waals surface area (Å²) in [4.78, 5) is 48.1. The largest absolute Gasteiger partial charge is 0.396 e. The molecule has 1 aromatic carbocycles. The zero-order valence-electron chi connectivity index (χ0n) is 23.0. The molecule has 3 fully saturated rings. The molecule has 1 aromatic rings. The van der Waals surface area contributed by atoms with E-state index in [0.29, 0.717) is 19.5 Å². The molecule has 0 aromatic heterocycles. The highest BCUT2D eigenvalue weighted by molar-refractivity contribution is 8.02. The van der Waals surface area contributed by atoms with Gasteiger partial charge in [-0.1, -0.05) is 37.3 Å². The van der Waals surface area contributed by atoms with Crippen LogP contribution in [-0.4, -0.2) is 80.4 Å². The van der Waals surface area contributed by atoms with Crippen molar-refractivity contribution in [1.29, 1.82) is 0 Å². The van der Waals surface area contributed by atoms with Gasteiger partial charge in [0, 0.05) is 42.7 Å². The number of anilines is 1. The van der Waals surface area contributed by atoms with Crippen molar-refractivity contribution in [1.82, 2.24) is 9.80 Å². The number of para-hydroxylation sites is 1. The van der Waals surface area contributed by atoms with Gasteiger partial charge in [-0.25, -0.2) is 0 Å². The Morgan fingerprint density at radius 1 is 1.16 bits per heavy atom. The third-order valence-corrected chi connectivity index (χ3v) is 10.4. The molecule has 3 aliphatic heterocycles. The fourth-order valence-electron chi connectivity index (χ4n) is 6.77. The van der Waals surface area contributed by atoms with Crippen molar-refractivity contribution in [2.75, 3.05) is 31.1 Å². The van der Waals surface area contributed by atoms with E-state index >= 15 is 0 Å². The van der Waals surface area contributed by atoms with Gasteiger partial charge in [-0.2, -0.15) is 0 Å². The fraction of sp³-hybridized carbons (Fsp3) is 0.567. The summed E-state index contributed by atoms with van der Waals surface area (Å²) >= 11 is 1.68. The Bertz CT molecular complexity index is 1090. The van der Waals surface area contributed by atoms with Crippen LogP contribution in [0.5, 0.6) is 0 Å². The summed E-state index contributed by atoms with van der Waals surface area (Å²) < 4.78 is -0.699. The molecule has 38 heavy (non-hydrogen) atoms. The number of likely N-dealkylation sites (tertiary alicyclic amines) is 1. The Morgan fingerprint density at radius 2 is 1.82 bits per heavy atom. The van der Waals surface area contributed by atoms with Gasteiger partial charge < -0.3 is 19.8 Å². The Hall–Kier alpha value is -2.58. The lowest BCUT2D eigenvalue weighted by molar-refractivity contribution is -0.145. The van der Waals surface area contributed by atoms with Crippen molar-refractivity contribution >= 4 is 35.2 Å². The molecule has 3 amide bonds. The minimum Gasteiger partial charge on any atom is -0.396 e. The maximum absolute atomic E-state index is 14.4. The minimum atomic E-state index is -0.699. The summed E-state index contributed by atoms with van der Waals surface area (Å²) in [6.07, 6.45) is 4.57. The molecule has 8 heteroatoms. The predicted molar refractivity (Wildman–Crippen MR) is 153 cm³/mol. The van der Waals surface area contributed by atoms with E-state index in [-0.39, 0.29) is 42.0 Å². The summed E-state index contributed by atoms with van der Waals surface area (Å²) in [5.74, 6) is -1.38. The lowest BCUT2D eigenvalue weighted by atomic mass is 9.65. The standard InChI is InChI=1S/C30H41N3O4S/c1-7-15-31(21-13-10-9-11-14-21)26(35)23-22-19-20(3)30(38-22)24(23)27(36)32(17-12-18-34)25(30)28(37)33(16-8-2)29(4,5)6/h7-11,13-14,20,22-25,34H,1-2,12,15-19H2,3-6H3/t20?,22-,23+,24+,25?,30?/m1/s1. The molecule has 3 unspecified atom stereocenters. The number of thioether (sulfide) groups is 1. The van der Waals surface area contributed by atoms with Gasteiger partial charge in [0.1, 0.15) is 6.04 Å². The quantitative estimate of drug-likeness (QED) is 0.458. The van der Waals surface area contributed by atoms with E-state index in [1.807, 2.05) is 51.1 Å². The molecule has 206 valence electrons.